The van der Waals surface area contributed by atoms with E-state index in [1.54, 1.807) is 0 Å². The standard InChI is InChI=1S/C17H22INO2S/c1-19-8-7-12(13-9-15(18)22-16(13)17(20)21)14(10-19)11-5-3-2-4-6-11/h9,11H,2-8,10H2,1H3,(H,20,21). The molecule has 2 heterocycles. The van der Waals surface area contributed by atoms with Crippen LogP contribution in [0.15, 0.2) is 11.6 Å². The first-order chi connectivity index (χ1) is 10.6. The number of thiophene rings is 1. The average molecular weight is 431 g/mol. The molecule has 0 bridgehead atoms. The number of aromatic carboxylic acids is 1. The van der Waals surface area contributed by atoms with E-state index in [2.05, 4.69) is 40.6 Å². The summed E-state index contributed by atoms with van der Waals surface area (Å²) in [7, 11) is 2.18. The van der Waals surface area contributed by atoms with Crippen LogP contribution in [0, 0.1) is 8.80 Å². The summed E-state index contributed by atoms with van der Waals surface area (Å²) in [6.07, 6.45) is 7.52. The maximum absolute atomic E-state index is 11.6. The molecular weight excluding hydrogens is 409 g/mol. The van der Waals surface area contributed by atoms with Gasteiger partial charge in [0.25, 0.3) is 0 Å². The lowest BCUT2D eigenvalue weighted by atomic mass is 9.78. The van der Waals surface area contributed by atoms with Gasteiger partial charge in [-0.05, 0) is 72.0 Å². The molecule has 5 heteroatoms. The number of carboxylic acid groups (broad SMARTS) is 1. The molecule has 1 aliphatic carbocycles. The summed E-state index contributed by atoms with van der Waals surface area (Å²) < 4.78 is 1.07. The minimum Gasteiger partial charge on any atom is -0.477 e. The van der Waals surface area contributed by atoms with Gasteiger partial charge in [-0.15, -0.1) is 11.3 Å². The summed E-state index contributed by atoms with van der Waals surface area (Å²) in [4.78, 5) is 14.5. The van der Waals surface area contributed by atoms with Crippen molar-refractivity contribution < 1.29 is 9.90 Å². The maximum Gasteiger partial charge on any atom is 0.346 e. The number of hydrogen-bond donors (Lipinski definition) is 1. The Bertz CT molecular complexity index is 602. The number of carboxylic acids is 1. The first kappa shape index (κ1) is 16.5. The van der Waals surface area contributed by atoms with Crippen LogP contribution >= 0.6 is 33.9 Å². The first-order valence-corrected chi connectivity index (χ1v) is 9.89. The molecule has 22 heavy (non-hydrogen) atoms. The van der Waals surface area contributed by atoms with E-state index in [4.69, 9.17) is 0 Å². The molecule has 1 aromatic rings. The van der Waals surface area contributed by atoms with Gasteiger partial charge in [0.1, 0.15) is 4.88 Å². The second-order valence-electron chi connectivity index (χ2n) is 6.42. The minimum atomic E-state index is -0.780. The van der Waals surface area contributed by atoms with Crippen molar-refractivity contribution in [3.63, 3.8) is 0 Å². The van der Waals surface area contributed by atoms with E-state index < -0.39 is 5.97 Å². The van der Waals surface area contributed by atoms with Crippen molar-refractivity contribution in [1.82, 2.24) is 4.90 Å². The third-order valence-electron chi connectivity index (χ3n) is 4.89. The van der Waals surface area contributed by atoms with Crippen LogP contribution in [0.4, 0.5) is 0 Å². The van der Waals surface area contributed by atoms with Crippen molar-refractivity contribution in [1.29, 1.82) is 0 Å². The molecule has 0 aromatic carbocycles. The second kappa shape index (κ2) is 7.01. The lowest BCUT2D eigenvalue weighted by Crippen LogP contribution is -2.31. The van der Waals surface area contributed by atoms with Crippen LogP contribution in [0.2, 0.25) is 0 Å². The lowest BCUT2D eigenvalue weighted by Gasteiger charge is -2.34. The molecule has 120 valence electrons. The van der Waals surface area contributed by atoms with Crippen LogP contribution in [-0.2, 0) is 0 Å². The molecule has 1 N–H and O–H groups in total. The number of rotatable bonds is 3. The zero-order chi connectivity index (χ0) is 15.7. The Labute approximate surface area is 149 Å². The summed E-state index contributed by atoms with van der Waals surface area (Å²) in [6.45, 7) is 2.03. The topological polar surface area (TPSA) is 40.5 Å². The molecule has 0 radical (unpaired) electrons. The summed E-state index contributed by atoms with van der Waals surface area (Å²) >= 11 is 3.65. The normalized spacial score (nSPS) is 21.4. The van der Waals surface area contributed by atoms with Crippen LogP contribution in [0.3, 0.4) is 0 Å². The highest BCUT2D eigenvalue weighted by molar-refractivity contribution is 14.1. The highest BCUT2D eigenvalue weighted by Crippen LogP contribution is 2.40. The zero-order valence-electron chi connectivity index (χ0n) is 12.9. The monoisotopic (exact) mass is 431 g/mol. The van der Waals surface area contributed by atoms with Crippen molar-refractivity contribution in [3.8, 4) is 0 Å². The number of carbonyl (C=O) groups is 1. The van der Waals surface area contributed by atoms with E-state index in [9.17, 15) is 9.90 Å². The average Bonchev–Trinajstić information content (AvgIpc) is 2.90. The molecule has 0 amide bonds. The van der Waals surface area contributed by atoms with Crippen molar-refractivity contribution in [3.05, 3.63) is 25.0 Å². The fourth-order valence-corrected chi connectivity index (χ4v) is 5.53. The number of likely N-dealkylation sites (N-methyl/N-ethyl adjacent to an activating group) is 1. The summed E-state index contributed by atoms with van der Waals surface area (Å²) in [5, 5.41) is 9.53. The smallest absolute Gasteiger partial charge is 0.346 e. The van der Waals surface area contributed by atoms with E-state index in [0.717, 1.165) is 28.0 Å². The zero-order valence-corrected chi connectivity index (χ0v) is 15.9. The van der Waals surface area contributed by atoms with Gasteiger partial charge in [0, 0.05) is 18.7 Å². The maximum atomic E-state index is 11.6. The SMILES string of the molecule is CN1CCC(c2cc(I)sc2C(=O)O)=C(C2CCCCC2)C1. The Kier molecular flexibility index (Phi) is 5.24. The second-order valence-corrected chi connectivity index (χ2v) is 9.37. The van der Waals surface area contributed by atoms with Crippen molar-refractivity contribution in [2.24, 2.45) is 5.92 Å². The summed E-state index contributed by atoms with van der Waals surface area (Å²) in [5.74, 6) is -0.122. The molecular formula is C17H22INO2S. The van der Waals surface area contributed by atoms with Gasteiger partial charge >= 0.3 is 5.97 Å². The Balaban J connectivity index is 2.05. The van der Waals surface area contributed by atoms with Crippen LogP contribution in [0.25, 0.3) is 5.57 Å². The molecule has 3 rings (SSSR count). The van der Waals surface area contributed by atoms with E-state index in [1.165, 1.54) is 54.6 Å². The van der Waals surface area contributed by atoms with Crippen molar-refractivity contribution in [2.45, 2.75) is 38.5 Å². The molecule has 0 atom stereocenters. The van der Waals surface area contributed by atoms with Crippen molar-refractivity contribution in [2.75, 3.05) is 20.1 Å². The largest absolute Gasteiger partial charge is 0.477 e. The highest BCUT2D eigenvalue weighted by atomic mass is 127. The van der Waals surface area contributed by atoms with E-state index in [0.29, 0.717) is 10.8 Å². The van der Waals surface area contributed by atoms with Crippen LogP contribution in [0.5, 0.6) is 0 Å². The fraction of sp³-hybridized carbons (Fsp3) is 0.588. The molecule has 0 saturated heterocycles. The van der Waals surface area contributed by atoms with Gasteiger partial charge < -0.3 is 10.0 Å². The molecule has 3 nitrogen and oxygen atoms in total. The van der Waals surface area contributed by atoms with Gasteiger partial charge in [-0.2, -0.15) is 0 Å². The Morgan fingerprint density at radius 3 is 2.77 bits per heavy atom. The number of halogens is 1. The molecule has 1 saturated carbocycles. The van der Waals surface area contributed by atoms with E-state index >= 15 is 0 Å². The van der Waals surface area contributed by atoms with Crippen LogP contribution < -0.4 is 0 Å². The Hall–Kier alpha value is -0.400. The fourth-order valence-electron chi connectivity index (χ4n) is 3.81. The quantitative estimate of drug-likeness (QED) is 0.705. The Morgan fingerprint density at radius 2 is 2.09 bits per heavy atom. The van der Waals surface area contributed by atoms with Gasteiger partial charge in [0.15, 0.2) is 0 Å². The molecule has 1 fully saturated rings. The third-order valence-corrected chi connectivity index (χ3v) is 6.77. The van der Waals surface area contributed by atoms with E-state index in [1.807, 2.05) is 0 Å². The Morgan fingerprint density at radius 1 is 1.36 bits per heavy atom. The van der Waals surface area contributed by atoms with Crippen LogP contribution in [-0.4, -0.2) is 36.1 Å². The van der Waals surface area contributed by atoms with Gasteiger partial charge in [-0.3, -0.25) is 0 Å². The summed E-state index contributed by atoms with van der Waals surface area (Å²) in [5.41, 5.74) is 3.85. The molecule has 2 aliphatic rings. The molecule has 0 unspecified atom stereocenters. The van der Waals surface area contributed by atoms with Crippen molar-refractivity contribution >= 4 is 45.5 Å². The third kappa shape index (κ3) is 3.41. The first-order valence-electron chi connectivity index (χ1n) is 7.99. The lowest BCUT2D eigenvalue weighted by molar-refractivity contribution is 0.0702. The molecule has 1 aromatic heterocycles. The van der Waals surface area contributed by atoms with Gasteiger partial charge in [0.05, 0.1) is 2.88 Å². The van der Waals surface area contributed by atoms with Gasteiger partial charge in [-0.1, -0.05) is 19.3 Å². The molecule has 1 aliphatic heterocycles. The van der Waals surface area contributed by atoms with Gasteiger partial charge in [0.2, 0.25) is 0 Å². The predicted octanol–water partition coefficient (Wildman–Crippen LogP) is 4.72. The predicted molar refractivity (Wildman–Crippen MR) is 99.6 cm³/mol. The van der Waals surface area contributed by atoms with Crippen LogP contribution in [0.1, 0.15) is 53.8 Å². The van der Waals surface area contributed by atoms with E-state index in [-0.39, 0.29) is 0 Å². The minimum absolute atomic E-state index is 0.525. The summed E-state index contributed by atoms with van der Waals surface area (Å²) in [6, 6.07) is 2.08. The van der Waals surface area contributed by atoms with Gasteiger partial charge in [-0.25, -0.2) is 4.79 Å². The molecule has 0 spiro atoms. The number of nitrogens with zero attached hydrogens (tertiary/aromatic N) is 1. The number of hydrogen-bond acceptors (Lipinski definition) is 3. The highest BCUT2D eigenvalue weighted by Gasteiger charge is 2.28.